The van der Waals surface area contributed by atoms with E-state index in [9.17, 15) is 4.39 Å². The highest BCUT2D eigenvalue weighted by Gasteiger charge is 2.18. The summed E-state index contributed by atoms with van der Waals surface area (Å²) in [5.74, 6) is -0.135. The van der Waals surface area contributed by atoms with Gasteiger partial charge in [0.05, 0.1) is 0 Å². The fourth-order valence-electron chi connectivity index (χ4n) is 1.73. The Kier molecular flexibility index (Phi) is 2.83. The molecule has 1 saturated heterocycles. The van der Waals surface area contributed by atoms with E-state index in [-0.39, 0.29) is 5.82 Å². The summed E-state index contributed by atoms with van der Waals surface area (Å²) in [7, 11) is 0. The predicted molar refractivity (Wildman–Crippen MR) is 59.1 cm³/mol. The fraction of sp³-hybridized carbons (Fsp3) is 0.400. The zero-order valence-electron chi connectivity index (χ0n) is 7.19. The first-order valence-electron chi connectivity index (χ1n) is 4.46. The lowest BCUT2D eigenvalue weighted by Gasteiger charge is -2.12. The highest BCUT2D eigenvalue weighted by Crippen LogP contribution is 2.27. The maximum Gasteiger partial charge on any atom is 0.123 e. The van der Waals surface area contributed by atoms with Gasteiger partial charge in [-0.2, -0.15) is 0 Å². The third-order valence-corrected chi connectivity index (χ3v) is 3.38. The monoisotopic (exact) mass is 291 g/mol. The number of halogens is 2. The topological polar surface area (TPSA) is 12.0 Å². The molecule has 2 rings (SSSR count). The average Bonchev–Trinajstić information content (AvgIpc) is 2.61. The molecule has 1 fully saturated rings. The highest BCUT2D eigenvalue weighted by atomic mass is 127. The quantitative estimate of drug-likeness (QED) is 0.785. The molecule has 0 radical (unpaired) electrons. The lowest BCUT2D eigenvalue weighted by Crippen LogP contribution is -2.14. The van der Waals surface area contributed by atoms with Crippen LogP contribution in [0.25, 0.3) is 0 Å². The molecule has 0 spiro atoms. The highest BCUT2D eigenvalue weighted by molar-refractivity contribution is 14.1. The van der Waals surface area contributed by atoms with Crippen LogP contribution in [0.2, 0.25) is 0 Å². The van der Waals surface area contributed by atoms with Gasteiger partial charge in [-0.3, -0.25) is 0 Å². The molecule has 3 heteroatoms. The molecule has 0 saturated carbocycles. The van der Waals surface area contributed by atoms with E-state index in [1.54, 1.807) is 6.07 Å². The van der Waals surface area contributed by atoms with Crippen LogP contribution in [0.5, 0.6) is 0 Å². The van der Waals surface area contributed by atoms with Gasteiger partial charge in [-0.15, -0.1) is 0 Å². The third kappa shape index (κ3) is 2.02. The van der Waals surface area contributed by atoms with Gasteiger partial charge >= 0.3 is 0 Å². The summed E-state index contributed by atoms with van der Waals surface area (Å²) >= 11 is 2.26. The van der Waals surface area contributed by atoms with Crippen molar-refractivity contribution in [2.24, 2.45) is 0 Å². The minimum atomic E-state index is -0.135. The second-order valence-corrected chi connectivity index (χ2v) is 4.48. The van der Waals surface area contributed by atoms with Crippen LogP contribution in [0.1, 0.15) is 24.4 Å². The summed E-state index contributed by atoms with van der Waals surface area (Å²) in [5, 5.41) is 3.37. The van der Waals surface area contributed by atoms with Crippen molar-refractivity contribution in [1.82, 2.24) is 5.32 Å². The number of rotatable bonds is 1. The summed E-state index contributed by atoms with van der Waals surface area (Å²) in [6.07, 6.45) is 2.32. The lowest BCUT2D eigenvalue weighted by molar-refractivity contribution is 0.604. The van der Waals surface area contributed by atoms with E-state index in [1.165, 1.54) is 12.5 Å². The minimum Gasteiger partial charge on any atom is -0.310 e. The molecule has 0 unspecified atom stereocenters. The Morgan fingerprint density at radius 3 is 3.00 bits per heavy atom. The Morgan fingerprint density at radius 2 is 2.31 bits per heavy atom. The van der Waals surface area contributed by atoms with Gasteiger partial charge in [-0.25, -0.2) is 4.39 Å². The second-order valence-electron chi connectivity index (χ2n) is 3.31. The molecule has 0 amide bonds. The molecule has 1 aliphatic heterocycles. The molecule has 70 valence electrons. The zero-order chi connectivity index (χ0) is 9.26. The molecule has 1 N–H and O–H groups in total. The Bertz CT molecular complexity index is 308. The van der Waals surface area contributed by atoms with Crippen LogP contribution in [0, 0.1) is 9.39 Å². The maximum absolute atomic E-state index is 13.0. The van der Waals surface area contributed by atoms with Crippen molar-refractivity contribution in [2.45, 2.75) is 18.9 Å². The van der Waals surface area contributed by atoms with Crippen molar-refractivity contribution < 1.29 is 4.39 Å². The first kappa shape index (κ1) is 9.40. The smallest absolute Gasteiger partial charge is 0.123 e. The molecular formula is C10H11FIN. The van der Waals surface area contributed by atoms with E-state index >= 15 is 0 Å². The molecule has 0 aromatic heterocycles. The SMILES string of the molecule is Fc1ccc(I)c([C@H]2CCCN2)c1. The molecule has 0 bridgehead atoms. The van der Waals surface area contributed by atoms with Crippen LogP contribution in [0.3, 0.4) is 0 Å². The fourth-order valence-corrected chi connectivity index (χ4v) is 2.44. The van der Waals surface area contributed by atoms with Gasteiger partial charge in [0, 0.05) is 9.61 Å². The summed E-state index contributed by atoms with van der Waals surface area (Å²) in [5.41, 5.74) is 1.11. The van der Waals surface area contributed by atoms with E-state index in [0.717, 1.165) is 22.1 Å². The first-order valence-corrected chi connectivity index (χ1v) is 5.53. The van der Waals surface area contributed by atoms with Crippen LogP contribution < -0.4 is 5.32 Å². The molecule has 1 heterocycles. The van der Waals surface area contributed by atoms with E-state index in [4.69, 9.17) is 0 Å². The zero-order valence-corrected chi connectivity index (χ0v) is 9.34. The lowest BCUT2D eigenvalue weighted by atomic mass is 10.1. The molecule has 1 aromatic carbocycles. The minimum absolute atomic E-state index is 0.135. The molecule has 1 aliphatic rings. The van der Waals surface area contributed by atoms with Gasteiger partial charge in [-0.1, -0.05) is 0 Å². The number of hydrogen-bond donors (Lipinski definition) is 1. The van der Waals surface area contributed by atoms with Gasteiger partial charge in [0.15, 0.2) is 0 Å². The standard InChI is InChI=1S/C10H11FIN/c11-7-3-4-9(12)8(6-7)10-2-1-5-13-10/h3-4,6,10,13H,1-2,5H2/t10-/m1/s1. The van der Waals surface area contributed by atoms with Gasteiger partial charge in [0.2, 0.25) is 0 Å². The maximum atomic E-state index is 13.0. The summed E-state index contributed by atoms with van der Waals surface area (Å²) in [4.78, 5) is 0. The van der Waals surface area contributed by atoms with Crippen LogP contribution in [-0.4, -0.2) is 6.54 Å². The summed E-state index contributed by atoms with van der Waals surface area (Å²) in [6.45, 7) is 1.05. The second kappa shape index (κ2) is 3.92. The van der Waals surface area contributed by atoms with Crippen molar-refractivity contribution in [3.05, 3.63) is 33.1 Å². The number of hydrogen-bond acceptors (Lipinski definition) is 1. The van der Waals surface area contributed by atoms with Crippen molar-refractivity contribution in [3.63, 3.8) is 0 Å². The van der Waals surface area contributed by atoms with Gasteiger partial charge in [0.25, 0.3) is 0 Å². The molecular weight excluding hydrogens is 280 g/mol. The Hall–Kier alpha value is -0.160. The average molecular weight is 291 g/mol. The van der Waals surface area contributed by atoms with Gasteiger partial charge in [0.1, 0.15) is 5.82 Å². The first-order chi connectivity index (χ1) is 6.27. The van der Waals surface area contributed by atoms with Crippen molar-refractivity contribution in [2.75, 3.05) is 6.54 Å². The van der Waals surface area contributed by atoms with Crippen molar-refractivity contribution in [3.8, 4) is 0 Å². The predicted octanol–water partition coefficient (Wildman–Crippen LogP) is 2.85. The van der Waals surface area contributed by atoms with E-state index in [2.05, 4.69) is 27.9 Å². The summed E-state index contributed by atoms with van der Waals surface area (Å²) < 4.78 is 14.1. The van der Waals surface area contributed by atoms with Crippen molar-refractivity contribution in [1.29, 1.82) is 0 Å². The van der Waals surface area contributed by atoms with E-state index in [0.29, 0.717) is 6.04 Å². The van der Waals surface area contributed by atoms with E-state index < -0.39 is 0 Å². The molecule has 0 aliphatic carbocycles. The van der Waals surface area contributed by atoms with Crippen LogP contribution >= 0.6 is 22.6 Å². The van der Waals surface area contributed by atoms with Crippen LogP contribution in [0.4, 0.5) is 4.39 Å². The molecule has 1 nitrogen and oxygen atoms in total. The number of nitrogens with one attached hydrogen (secondary N) is 1. The van der Waals surface area contributed by atoms with Crippen LogP contribution in [-0.2, 0) is 0 Å². The van der Waals surface area contributed by atoms with Crippen LogP contribution in [0.15, 0.2) is 18.2 Å². The Morgan fingerprint density at radius 1 is 1.46 bits per heavy atom. The Balaban J connectivity index is 2.32. The van der Waals surface area contributed by atoms with E-state index in [1.807, 2.05) is 6.07 Å². The largest absolute Gasteiger partial charge is 0.310 e. The number of benzene rings is 1. The Labute approximate surface area is 90.9 Å². The molecule has 1 atom stereocenters. The van der Waals surface area contributed by atoms with Gasteiger partial charge < -0.3 is 5.32 Å². The molecule has 1 aromatic rings. The summed E-state index contributed by atoms with van der Waals surface area (Å²) in [6, 6.07) is 5.36. The normalized spacial score (nSPS) is 22.2. The molecule has 13 heavy (non-hydrogen) atoms. The van der Waals surface area contributed by atoms with Gasteiger partial charge in [-0.05, 0) is 65.7 Å². The third-order valence-electron chi connectivity index (χ3n) is 2.39. The van der Waals surface area contributed by atoms with Crippen molar-refractivity contribution >= 4 is 22.6 Å².